The Hall–Kier alpha value is -0.0800. The largest absolute Gasteiger partial charge is 0.382 e. The third-order valence-corrected chi connectivity index (χ3v) is 4.15. The molecule has 0 saturated heterocycles. The van der Waals surface area contributed by atoms with Crippen LogP contribution in [0.4, 0.5) is 0 Å². The zero-order valence-electron chi connectivity index (χ0n) is 10.9. The molecule has 1 atom stereocenters. The predicted octanol–water partition coefficient (Wildman–Crippen LogP) is 2.97. The Morgan fingerprint density at radius 1 is 1.38 bits per heavy atom. The summed E-state index contributed by atoms with van der Waals surface area (Å²) < 4.78 is 5.46. The first-order valence-corrected chi connectivity index (χ1v) is 7.05. The molecule has 2 rings (SSSR count). The van der Waals surface area contributed by atoms with Gasteiger partial charge >= 0.3 is 0 Å². The number of rotatable bonds is 9. The highest BCUT2D eigenvalue weighted by molar-refractivity contribution is 4.95. The second-order valence-corrected chi connectivity index (χ2v) is 5.91. The maximum absolute atomic E-state index is 5.46. The van der Waals surface area contributed by atoms with Gasteiger partial charge in [0.2, 0.25) is 0 Å². The fourth-order valence-corrected chi connectivity index (χ4v) is 2.45. The van der Waals surface area contributed by atoms with Crippen LogP contribution in [-0.2, 0) is 4.74 Å². The summed E-state index contributed by atoms with van der Waals surface area (Å²) in [6, 6.07) is 0.720. The highest BCUT2D eigenvalue weighted by atomic mass is 16.5. The van der Waals surface area contributed by atoms with Crippen molar-refractivity contribution in [2.75, 3.05) is 19.8 Å². The Morgan fingerprint density at radius 3 is 2.69 bits per heavy atom. The summed E-state index contributed by atoms with van der Waals surface area (Å²) in [5.74, 6) is 1.04. The minimum Gasteiger partial charge on any atom is -0.382 e. The van der Waals surface area contributed by atoms with Crippen LogP contribution in [0.3, 0.4) is 0 Å². The molecule has 2 heteroatoms. The maximum atomic E-state index is 5.46. The summed E-state index contributed by atoms with van der Waals surface area (Å²) in [6.45, 7) is 7.46. The number of nitrogens with one attached hydrogen (secondary N) is 1. The highest BCUT2D eigenvalue weighted by Crippen LogP contribution is 2.48. The topological polar surface area (TPSA) is 21.3 Å². The summed E-state index contributed by atoms with van der Waals surface area (Å²) in [4.78, 5) is 0. The first kappa shape index (κ1) is 12.4. The molecule has 0 bridgehead atoms. The van der Waals surface area contributed by atoms with Gasteiger partial charge in [-0.25, -0.2) is 0 Å². The lowest BCUT2D eigenvalue weighted by Gasteiger charge is -2.20. The molecule has 2 aliphatic carbocycles. The first-order chi connectivity index (χ1) is 7.74. The van der Waals surface area contributed by atoms with Crippen LogP contribution in [0.2, 0.25) is 0 Å². The van der Waals surface area contributed by atoms with Gasteiger partial charge in [-0.05, 0) is 50.9 Å². The molecule has 0 amide bonds. The average Bonchev–Trinajstić information content (AvgIpc) is 3.13. The van der Waals surface area contributed by atoms with Crippen molar-refractivity contribution in [2.24, 2.45) is 11.3 Å². The summed E-state index contributed by atoms with van der Waals surface area (Å²) in [6.07, 6.45) is 8.40. The Balaban J connectivity index is 1.56. The second-order valence-electron chi connectivity index (χ2n) is 5.91. The Bertz CT molecular complexity index is 209. The molecule has 1 N–H and O–H groups in total. The molecule has 2 nitrogen and oxygen atoms in total. The third-order valence-electron chi connectivity index (χ3n) is 4.15. The van der Waals surface area contributed by atoms with E-state index in [0.717, 1.165) is 25.2 Å². The van der Waals surface area contributed by atoms with Gasteiger partial charge < -0.3 is 10.1 Å². The molecule has 16 heavy (non-hydrogen) atoms. The van der Waals surface area contributed by atoms with E-state index < -0.39 is 0 Å². The number of hydrogen-bond donors (Lipinski definition) is 1. The monoisotopic (exact) mass is 225 g/mol. The second kappa shape index (κ2) is 5.50. The fraction of sp³-hybridized carbons (Fsp3) is 1.00. The zero-order valence-corrected chi connectivity index (χ0v) is 10.9. The van der Waals surface area contributed by atoms with Crippen molar-refractivity contribution < 1.29 is 4.74 Å². The molecular formula is C14H27NO. The minimum absolute atomic E-state index is 0.604. The van der Waals surface area contributed by atoms with E-state index in [1.54, 1.807) is 0 Å². The van der Waals surface area contributed by atoms with Crippen LogP contribution in [0.15, 0.2) is 0 Å². The van der Waals surface area contributed by atoms with Crippen LogP contribution in [0.5, 0.6) is 0 Å². The van der Waals surface area contributed by atoms with Gasteiger partial charge in [0.25, 0.3) is 0 Å². The van der Waals surface area contributed by atoms with Crippen molar-refractivity contribution >= 4 is 0 Å². The molecule has 0 aromatic carbocycles. The zero-order chi connectivity index (χ0) is 11.4. The normalized spacial score (nSPS) is 24.4. The van der Waals surface area contributed by atoms with E-state index in [4.69, 9.17) is 4.74 Å². The molecule has 0 heterocycles. The van der Waals surface area contributed by atoms with Crippen LogP contribution in [0.25, 0.3) is 0 Å². The summed E-state index contributed by atoms with van der Waals surface area (Å²) in [5, 5.41) is 3.73. The van der Waals surface area contributed by atoms with Gasteiger partial charge in [0.05, 0.1) is 0 Å². The van der Waals surface area contributed by atoms with Crippen LogP contribution in [0.1, 0.15) is 52.4 Å². The van der Waals surface area contributed by atoms with Crippen LogP contribution in [-0.4, -0.2) is 25.8 Å². The molecular weight excluding hydrogens is 198 g/mol. The molecule has 1 unspecified atom stereocenters. The molecule has 0 spiro atoms. The maximum Gasteiger partial charge on any atom is 0.0471 e. The van der Waals surface area contributed by atoms with Crippen molar-refractivity contribution in [2.45, 2.75) is 58.4 Å². The van der Waals surface area contributed by atoms with Gasteiger partial charge in [0.15, 0.2) is 0 Å². The van der Waals surface area contributed by atoms with Crippen molar-refractivity contribution in [3.05, 3.63) is 0 Å². The lowest BCUT2D eigenvalue weighted by atomic mass is 10.0. The van der Waals surface area contributed by atoms with Gasteiger partial charge in [-0.3, -0.25) is 0 Å². The third kappa shape index (κ3) is 4.06. The van der Waals surface area contributed by atoms with Gasteiger partial charge in [0, 0.05) is 25.8 Å². The van der Waals surface area contributed by atoms with E-state index in [1.165, 1.54) is 45.1 Å². The summed E-state index contributed by atoms with van der Waals surface area (Å²) >= 11 is 0. The van der Waals surface area contributed by atoms with Gasteiger partial charge in [0.1, 0.15) is 0 Å². The summed E-state index contributed by atoms with van der Waals surface area (Å²) in [5.41, 5.74) is 0.604. The van der Waals surface area contributed by atoms with Crippen LogP contribution >= 0.6 is 0 Å². The molecule has 0 aromatic rings. The van der Waals surface area contributed by atoms with Crippen molar-refractivity contribution in [3.8, 4) is 0 Å². The van der Waals surface area contributed by atoms with Crippen molar-refractivity contribution in [1.29, 1.82) is 0 Å². The lowest BCUT2D eigenvalue weighted by Crippen LogP contribution is -2.33. The molecule has 2 aliphatic rings. The summed E-state index contributed by atoms with van der Waals surface area (Å²) in [7, 11) is 0. The lowest BCUT2D eigenvalue weighted by molar-refractivity contribution is 0.127. The van der Waals surface area contributed by atoms with Crippen molar-refractivity contribution in [3.63, 3.8) is 0 Å². The van der Waals surface area contributed by atoms with Crippen LogP contribution in [0, 0.1) is 11.3 Å². The Kier molecular flexibility index (Phi) is 4.26. The average molecular weight is 225 g/mol. The highest BCUT2D eigenvalue weighted by Gasteiger charge is 2.41. The molecule has 0 radical (unpaired) electrons. The molecule has 0 aliphatic heterocycles. The van der Waals surface area contributed by atoms with E-state index in [0.29, 0.717) is 5.41 Å². The van der Waals surface area contributed by atoms with Crippen molar-refractivity contribution in [1.82, 2.24) is 5.32 Å². The minimum atomic E-state index is 0.604. The number of ether oxygens (including phenoxy) is 1. The van der Waals surface area contributed by atoms with E-state index in [1.807, 2.05) is 0 Å². The van der Waals surface area contributed by atoms with E-state index in [2.05, 4.69) is 19.2 Å². The molecule has 94 valence electrons. The van der Waals surface area contributed by atoms with Crippen LogP contribution < -0.4 is 5.32 Å². The SMILES string of the molecule is CCOCCC1(CNC(C)CC2CC2)CC1. The van der Waals surface area contributed by atoms with Gasteiger partial charge in [-0.15, -0.1) is 0 Å². The Labute approximate surface area is 100 Å². The first-order valence-electron chi connectivity index (χ1n) is 7.05. The van der Waals surface area contributed by atoms with Gasteiger partial charge in [-0.1, -0.05) is 12.8 Å². The number of hydrogen-bond acceptors (Lipinski definition) is 2. The van der Waals surface area contributed by atoms with E-state index in [-0.39, 0.29) is 0 Å². The molecule has 2 fully saturated rings. The standard InChI is InChI=1S/C14H27NO/c1-3-16-9-8-14(6-7-14)11-15-12(2)10-13-4-5-13/h12-13,15H,3-11H2,1-2H3. The van der Waals surface area contributed by atoms with E-state index >= 15 is 0 Å². The molecule has 0 aromatic heterocycles. The smallest absolute Gasteiger partial charge is 0.0471 e. The van der Waals surface area contributed by atoms with E-state index in [9.17, 15) is 0 Å². The quantitative estimate of drug-likeness (QED) is 0.609. The van der Waals surface area contributed by atoms with Gasteiger partial charge in [-0.2, -0.15) is 0 Å². The fourth-order valence-electron chi connectivity index (χ4n) is 2.45. The Morgan fingerprint density at radius 2 is 2.12 bits per heavy atom. The molecule has 2 saturated carbocycles. The predicted molar refractivity (Wildman–Crippen MR) is 67.6 cm³/mol.